The summed E-state index contributed by atoms with van der Waals surface area (Å²) in [5.74, 6) is -0.127. The molecule has 0 heterocycles. The maximum atomic E-state index is 12.5. The molecule has 0 spiro atoms. The number of carbonyl (C=O) groups is 2. The van der Waals surface area contributed by atoms with Crippen LogP contribution in [-0.4, -0.2) is 47.4 Å². The lowest BCUT2D eigenvalue weighted by Crippen LogP contribution is -2.45. The van der Waals surface area contributed by atoms with Crippen LogP contribution in [0.2, 0.25) is 0 Å². The van der Waals surface area contributed by atoms with Crippen LogP contribution in [0.5, 0.6) is 0 Å². The fourth-order valence-electron chi connectivity index (χ4n) is 8.71. The Balaban J connectivity index is 3.57. The number of amides is 1. The van der Waals surface area contributed by atoms with Gasteiger partial charge in [0, 0.05) is 12.8 Å². The SMILES string of the molecule is CCCCCC/C=C\C/C=C\CCCCCCCC(=O)OCCCCC/C=C\C=C/CCCCCCCCC(=O)NC(CO)C(O)/C=C/CCCCCCCCCCCCCCCCCCCC. The molecule has 0 fully saturated rings. The minimum Gasteiger partial charge on any atom is -0.466 e. The first-order valence-corrected chi connectivity index (χ1v) is 29.6. The fourth-order valence-corrected chi connectivity index (χ4v) is 8.71. The molecule has 0 bridgehead atoms. The Hall–Kier alpha value is -2.44. The molecular formula is C62H113NO5. The van der Waals surface area contributed by atoms with Gasteiger partial charge in [0.1, 0.15) is 0 Å². The maximum absolute atomic E-state index is 12.5. The van der Waals surface area contributed by atoms with Gasteiger partial charge in [-0.3, -0.25) is 9.59 Å². The quantitative estimate of drug-likeness (QED) is 0.0244. The molecule has 3 N–H and O–H groups in total. The Morgan fingerprint density at radius 1 is 0.426 bits per heavy atom. The first-order valence-electron chi connectivity index (χ1n) is 29.6. The van der Waals surface area contributed by atoms with Gasteiger partial charge in [-0.25, -0.2) is 0 Å². The van der Waals surface area contributed by atoms with Crippen LogP contribution in [0.4, 0.5) is 0 Å². The standard InChI is InChI=1S/C62H113NO5/c1-3-5-7-9-11-13-15-17-19-21-22-23-24-26-30-34-38-42-46-50-54-60(65)59(58-64)63-61(66)55-51-47-43-39-35-31-27-25-29-33-37-41-45-49-53-57-68-62(67)56-52-48-44-40-36-32-28-20-18-16-14-12-10-8-6-4-2/h14,16,20,25,28-29,33,37,50,54,59-60,64-65H,3-13,15,17-19,21-24,26-27,30-32,34-36,38-49,51-53,55-58H2,1-2H3,(H,63,66)/b16-14-,28-20-,29-25-,37-33-,54-50+. The summed E-state index contributed by atoms with van der Waals surface area (Å²) in [6.07, 6.45) is 73.8. The third-order valence-electron chi connectivity index (χ3n) is 13.3. The highest BCUT2D eigenvalue weighted by Gasteiger charge is 2.18. The first-order chi connectivity index (χ1) is 33.5. The van der Waals surface area contributed by atoms with Crippen molar-refractivity contribution in [2.45, 2.75) is 309 Å². The van der Waals surface area contributed by atoms with Gasteiger partial charge < -0.3 is 20.3 Å². The van der Waals surface area contributed by atoms with Crippen LogP contribution in [0, 0.1) is 0 Å². The number of unbranched alkanes of at least 4 members (excludes halogenated alkanes) is 36. The van der Waals surface area contributed by atoms with Gasteiger partial charge in [-0.2, -0.15) is 0 Å². The minimum absolute atomic E-state index is 0.0368. The van der Waals surface area contributed by atoms with Crippen LogP contribution in [0.25, 0.3) is 0 Å². The monoisotopic (exact) mass is 952 g/mol. The van der Waals surface area contributed by atoms with Crippen molar-refractivity contribution in [2.75, 3.05) is 13.2 Å². The van der Waals surface area contributed by atoms with E-state index >= 15 is 0 Å². The Labute approximate surface area is 422 Å². The molecule has 2 atom stereocenters. The molecule has 0 rings (SSSR count). The molecule has 396 valence electrons. The molecule has 0 aromatic heterocycles. The topological polar surface area (TPSA) is 95.9 Å². The highest BCUT2D eigenvalue weighted by molar-refractivity contribution is 5.76. The molecule has 0 aliphatic heterocycles. The van der Waals surface area contributed by atoms with Gasteiger partial charge >= 0.3 is 5.97 Å². The summed E-state index contributed by atoms with van der Waals surface area (Å²) in [6, 6.07) is -0.647. The highest BCUT2D eigenvalue weighted by Crippen LogP contribution is 2.16. The van der Waals surface area contributed by atoms with Crippen molar-refractivity contribution >= 4 is 11.9 Å². The van der Waals surface area contributed by atoms with E-state index in [1.807, 2.05) is 6.08 Å². The van der Waals surface area contributed by atoms with Crippen molar-refractivity contribution in [1.29, 1.82) is 0 Å². The second-order valence-electron chi connectivity index (χ2n) is 20.0. The summed E-state index contributed by atoms with van der Waals surface area (Å²) in [4.78, 5) is 24.5. The molecule has 6 heteroatoms. The first kappa shape index (κ1) is 65.6. The number of allylic oxidation sites excluding steroid dienone is 9. The van der Waals surface area contributed by atoms with Crippen molar-refractivity contribution in [2.24, 2.45) is 0 Å². The zero-order chi connectivity index (χ0) is 49.3. The van der Waals surface area contributed by atoms with E-state index in [9.17, 15) is 19.8 Å². The van der Waals surface area contributed by atoms with Crippen molar-refractivity contribution in [1.82, 2.24) is 5.32 Å². The largest absolute Gasteiger partial charge is 0.466 e. The van der Waals surface area contributed by atoms with Gasteiger partial charge in [-0.1, -0.05) is 248 Å². The fraction of sp³-hybridized carbons (Fsp3) is 0.806. The molecule has 68 heavy (non-hydrogen) atoms. The predicted molar refractivity (Wildman–Crippen MR) is 296 cm³/mol. The van der Waals surface area contributed by atoms with Crippen LogP contribution in [0.15, 0.2) is 60.8 Å². The zero-order valence-corrected chi connectivity index (χ0v) is 45.1. The molecular weight excluding hydrogens is 839 g/mol. The summed E-state index contributed by atoms with van der Waals surface area (Å²) in [7, 11) is 0. The Kier molecular flexibility index (Phi) is 55.1. The number of nitrogens with one attached hydrogen (secondary N) is 1. The predicted octanol–water partition coefficient (Wildman–Crippen LogP) is 18.4. The normalized spacial score (nSPS) is 13.1. The number of hydrogen-bond donors (Lipinski definition) is 3. The lowest BCUT2D eigenvalue weighted by atomic mass is 10.0. The van der Waals surface area contributed by atoms with Crippen LogP contribution >= 0.6 is 0 Å². The van der Waals surface area contributed by atoms with Crippen molar-refractivity contribution in [3.63, 3.8) is 0 Å². The number of hydrogen-bond acceptors (Lipinski definition) is 5. The van der Waals surface area contributed by atoms with E-state index in [1.165, 1.54) is 180 Å². The van der Waals surface area contributed by atoms with Gasteiger partial charge in [0.25, 0.3) is 0 Å². The van der Waals surface area contributed by atoms with Crippen molar-refractivity contribution in [3.05, 3.63) is 60.8 Å². The average Bonchev–Trinajstić information content (AvgIpc) is 3.34. The number of esters is 1. The Bertz CT molecular complexity index is 1190. The molecule has 0 saturated heterocycles. The van der Waals surface area contributed by atoms with E-state index in [4.69, 9.17) is 4.74 Å². The number of ether oxygens (including phenoxy) is 1. The lowest BCUT2D eigenvalue weighted by molar-refractivity contribution is -0.143. The van der Waals surface area contributed by atoms with E-state index in [1.54, 1.807) is 6.08 Å². The third-order valence-corrected chi connectivity index (χ3v) is 13.3. The minimum atomic E-state index is -0.862. The number of aliphatic hydroxyl groups excluding tert-OH is 2. The molecule has 0 aliphatic carbocycles. The Morgan fingerprint density at radius 2 is 0.779 bits per heavy atom. The van der Waals surface area contributed by atoms with E-state index in [2.05, 4.69) is 67.8 Å². The number of rotatable bonds is 54. The lowest BCUT2D eigenvalue weighted by Gasteiger charge is -2.20. The molecule has 0 aromatic carbocycles. The van der Waals surface area contributed by atoms with Gasteiger partial charge in [0.15, 0.2) is 0 Å². The maximum Gasteiger partial charge on any atom is 0.305 e. The molecule has 0 radical (unpaired) electrons. The smallest absolute Gasteiger partial charge is 0.305 e. The summed E-state index contributed by atoms with van der Waals surface area (Å²) < 4.78 is 5.44. The number of aliphatic hydroxyl groups is 2. The van der Waals surface area contributed by atoms with Gasteiger partial charge in [-0.05, 0) is 96.3 Å². The Morgan fingerprint density at radius 3 is 1.22 bits per heavy atom. The van der Waals surface area contributed by atoms with E-state index in [-0.39, 0.29) is 18.5 Å². The second-order valence-corrected chi connectivity index (χ2v) is 20.0. The average molecular weight is 953 g/mol. The summed E-state index contributed by atoms with van der Waals surface area (Å²) in [6.45, 7) is 4.83. The number of carbonyl (C=O) groups excluding carboxylic acids is 2. The molecule has 0 aromatic rings. The second kappa shape index (κ2) is 57.1. The van der Waals surface area contributed by atoms with Gasteiger partial charge in [0.2, 0.25) is 5.91 Å². The molecule has 2 unspecified atom stereocenters. The van der Waals surface area contributed by atoms with Crippen molar-refractivity contribution in [3.8, 4) is 0 Å². The molecule has 1 amide bonds. The van der Waals surface area contributed by atoms with E-state index < -0.39 is 12.1 Å². The van der Waals surface area contributed by atoms with Crippen LogP contribution in [0.3, 0.4) is 0 Å². The van der Waals surface area contributed by atoms with Crippen LogP contribution in [-0.2, 0) is 14.3 Å². The van der Waals surface area contributed by atoms with E-state index in [0.29, 0.717) is 19.4 Å². The van der Waals surface area contributed by atoms with Gasteiger partial charge in [-0.15, -0.1) is 0 Å². The summed E-state index contributed by atoms with van der Waals surface area (Å²) in [5.41, 5.74) is 0. The molecule has 0 aliphatic rings. The van der Waals surface area contributed by atoms with Crippen LogP contribution in [0.1, 0.15) is 296 Å². The van der Waals surface area contributed by atoms with Crippen molar-refractivity contribution < 1.29 is 24.5 Å². The molecule has 6 nitrogen and oxygen atoms in total. The summed E-state index contributed by atoms with van der Waals surface area (Å²) >= 11 is 0. The van der Waals surface area contributed by atoms with Gasteiger partial charge in [0.05, 0.1) is 25.4 Å². The highest BCUT2D eigenvalue weighted by atomic mass is 16.5. The third kappa shape index (κ3) is 52.9. The summed E-state index contributed by atoms with van der Waals surface area (Å²) in [5, 5.41) is 23.2. The molecule has 0 saturated carbocycles. The van der Waals surface area contributed by atoms with E-state index in [0.717, 1.165) is 89.9 Å². The van der Waals surface area contributed by atoms with Crippen LogP contribution < -0.4 is 5.32 Å². The zero-order valence-electron chi connectivity index (χ0n) is 45.1.